The SMILES string of the molecule is CCc1cc2n(c1C(=O)c1cccn1CC)CCCC2C(=O)OC(C)C. The first-order valence-electron chi connectivity index (χ1n) is 9.60. The standard InChI is InChI=1S/C21H28N2O3/c1-5-15-13-18-16(21(25)26-14(3)4)9-7-12-23(18)19(15)20(24)17-10-8-11-22(17)6-2/h8,10-11,13-14,16H,5-7,9,12H2,1-4H3. The monoisotopic (exact) mass is 356 g/mol. The molecule has 0 radical (unpaired) electrons. The van der Waals surface area contributed by atoms with E-state index in [1.807, 2.05) is 49.7 Å². The minimum atomic E-state index is -0.282. The van der Waals surface area contributed by atoms with Crippen LogP contribution >= 0.6 is 0 Å². The van der Waals surface area contributed by atoms with Crippen molar-refractivity contribution in [1.29, 1.82) is 0 Å². The van der Waals surface area contributed by atoms with E-state index in [2.05, 4.69) is 11.5 Å². The van der Waals surface area contributed by atoms with Gasteiger partial charge in [-0.15, -0.1) is 0 Å². The van der Waals surface area contributed by atoms with Crippen molar-refractivity contribution >= 4 is 11.8 Å². The molecule has 5 heteroatoms. The molecular weight excluding hydrogens is 328 g/mol. The molecular formula is C21H28N2O3. The van der Waals surface area contributed by atoms with Crippen LogP contribution in [0.3, 0.4) is 0 Å². The van der Waals surface area contributed by atoms with E-state index in [9.17, 15) is 9.59 Å². The number of ether oxygens (including phenoxy) is 1. The number of ketones is 1. The van der Waals surface area contributed by atoms with Crippen molar-refractivity contribution < 1.29 is 14.3 Å². The van der Waals surface area contributed by atoms with Crippen LogP contribution in [0.25, 0.3) is 0 Å². The number of fused-ring (bicyclic) bond motifs is 1. The lowest BCUT2D eigenvalue weighted by Gasteiger charge is -2.25. The summed E-state index contributed by atoms with van der Waals surface area (Å²) in [4.78, 5) is 25.9. The Kier molecular flexibility index (Phi) is 5.35. The number of carbonyl (C=O) groups is 2. The largest absolute Gasteiger partial charge is 0.462 e. The lowest BCUT2D eigenvalue weighted by molar-refractivity contribution is -0.149. The van der Waals surface area contributed by atoms with Crippen LogP contribution in [0.2, 0.25) is 0 Å². The fraction of sp³-hybridized carbons (Fsp3) is 0.524. The van der Waals surface area contributed by atoms with Crippen LogP contribution in [-0.2, 0) is 29.0 Å². The highest BCUT2D eigenvalue weighted by Crippen LogP contribution is 2.34. The van der Waals surface area contributed by atoms with Crippen LogP contribution < -0.4 is 0 Å². The second kappa shape index (κ2) is 7.52. The van der Waals surface area contributed by atoms with Crippen LogP contribution in [-0.4, -0.2) is 27.0 Å². The number of nitrogens with zero attached hydrogens (tertiary/aromatic N) is 2. The predicted octanol–water partition coefficient (Wildman–Crippen LogP) is 3.93. The van der Waals surface area contributed by atoms with Crippen LogP contribution in [0, 0.1) is 0 Å². The van der Waals surface area contributed by atoms with Crippen molar-refractivity contribution in [2.75, 3.05) is 0 Å². The highest BCUT2D eigenvalue weighted by atomic mass is 16.5. The first-order chi connectivity index (χ1) is 12.5. The summed E-state index contributed by atoms with van der Waals surface area (Å²) in [5.74, 6) is -0.425. The van der Waals surface area contributed by atoms with Gasteiger partial charge in [-0.3, -0.25) is 9.59 Å². The number of aryl methyl sites for hydroxylation is 2. The second-order valence-corrected chi connectivity index (χ2v) is 7.14. The zero-order valence-electron chi connectivity index (χ0n) is 16.1. The molecule has 2 aromatic rings. The van der Waals surface area contributed by atoms with E-state index < -0.39 is 0 Å². The average Bonchev–Trinajstić information content (AvgIpc) is 3.23. The Hall–Kier alpha value is -2.30. The quantitative estimate of drug-likeness (QED) is 0.582. The zero-order chi connectivity index (χ0) is 18.8. The van der Waals surface area contributed by atoms with E-state index >= 15 is 0 Å². The molecule has 26 heavy (non-hydrogen) atoms. The Bertz CT molecular complexity index is 813. The third-order valence-corrected chi connectivity index (χ3v) is 5.07. The summed E-state index contributed by atoms with van der Waals surface area (Å²) in [5, 5.41) is 0. The Balaban J connectivity index is 2.04. The summed E-state index contributed by atoms with van der Waals surface area (Å²) in [6.45, 7) is 9.35. The highest BCUT2D eigenvalue weighted by Gasteiger charge is 2.33. The third-order valence-electron chi connectivity index (χ3n) is 5.07. The third kappa shape index (κ3) is 3.22. The number of hydrogen-bond donors (Lipinski definition) is 0. The molecule has 0 spiro atoms. The van der Waals surface area contributed by atoms with Gasteiger partial charge in [0.1, 0.15) is 0 Å². The fourth-order valence-electron chi connectivity index (χ4n) is 3.87. The topological polar surface area (TPSA) is 53.2 Å². The lowest BCUT2D eigenvalue weighted by atomic mass is 9.96. The van der Waals surface area contributed by atoms with E-state index in [1.54, 1.807) is 0 Å². The molecule has 0 saturated carbocycles. The molecule has 0 saturated heterocycles. The maximum absolute atomic E-state index is 13.3. The average molecular weight is 356 g/mol. The van der Waals surface area contributed by atoms with Crippen molar-refractivity contribution in [3.63, 3.8) is 0 Å². The van der Waals surface area contributed by atoms with Gasteiger partial charge in [-0.05, 0) is 63.8 Å². The molecule has 0 aliphatic carbocycles. The first kappa shape index (κ1) is 18.5. The summed E-state index contributed by atoms with van der Waals surface area (Å²) in [5.41, 5.74) is 3.38. The molecule has 5 nitrogen and oxygen atoms in total. The van der Waals surface area contributed by atoms with Gasteiger partial charge in [0.25, 0.3) is 0 Å². The van der Waals surface area contributed by atoms with E-state index in [1.165, 1.54) is 0 Å². The lowest BCUT2D eigenvalue weighted by Crippen LogP contribution is -2.27. The fourth-order valence-corrected chi connectivity index (χ4v) is 3.87. The molecule has 2 aromatic heterocycles. The van der Waals surface area contributed by atoms with Gasteiger partial charge in [0.05, 0.1) is 23.4 Å². The van der Waals surface area contributed by atoms with Gasteiger partial charge in [-0.2, -0.15) is 0 Å². The molecule has 3 rings (SSSR count). The summed E-state index contributed by atoms with van der Waals surface area (Å²) in [7, 11) is 0. The summed E-state index contributed by atoms with van der Waals surface area (Å²) in [6, 6.07) is 5.82. The van der Waals surface area contributed by atoms with E-state index in [4.69, 9.17) is 4.74 Å². The predicted molar refractivity (Wildman–Crippen MR) is 101 cm³/mol. The molecule has 1 unspecified atom stereocenters. The van der Waals surface area contributed by atoms with E-state index in [0.29, 0.717) is 5.69 Å². The molecule has 0 amide bonds. The maximum atomic E-state index is 13.3. The Morgan fingerprint density at radius 2 is 2.08 bits per heavy atom. The molecule has 0 fully saturated rings. The number of esters is 1. The second-order valence-electron chi connectivity index (χ2n) is 7.14. The van der Waals surface area contributed by atoms with Gasteiger partial charge >= 0.3 is 5.97 Å². The normalized spacial score (nSPS) is 16.6. The Labute approximate surface area is 155 Å². The first-order valence-corrected chi connectivity index (χ1v) is 9.60. The smallest absolute Gasteiger partial charge is 0.315 e. The minimum absolute atomic E-state index is 0.0397. The van der Waals surface area contributed by atoms with Gasteiger partial charge < -0.3 is 13.9 Å². The molecule has 0 N–H and O–H groups in total. The molecule has 0 aromatic carbocycles. The molecule has 140 valence electrons. The minimum Gasteiger partial charge on any atom is -0.462 e. The molecule has 0 bridgehead atoms. The van der Waals surface area contributed by atoms with Crippen LogP contribution in [0.5, 0.6) is 0 Å². The Morgan fingerprint density at radius 1 is 1.31 bits per heavy atom. The Morgan fingerprint density at radius 3 is 2.73 bits per heavy atom. The van der Waals surface area contributed by atoms with Gasteiger partial charge in [-0.1, -0.05) is 6.92 Å². The van der Waals surface area contributed by atoms with Crippen molar-refractivity contribution in [2.45, 2.75) is 72.1 Å². The number of rotatable bonds is 6. The summed E-state index contributed by atoms with van der Waals surface area (Å²) in [6.07, 6.45) is 4.21. The molecule has 1 aliphatic heterocycles. The molecule has 3 heterocycles. The van der Waals surface area contributed by atoms with E-state index in [-0.39, 0.29) is 23.8 Å². The van der Waals surface area contributed by atoms with Crippen molar-refractivity contribution in [1.82, 2.24) is 9.13 Å². The van der Waals surface area contributed by atoms with Crippen molar-refractivity contribution in [2.24, 2.45) is 0 Å². The number of aromatic nitrogens is 2. The van der Waals surface area contributed by atoms with Crippen LogP contribution in [0.15, 0.2) is 24.4 Å². The summed E-state index contributed by atoms with van der Waals surface area (Å²) < 4.78 is 9.48. The molecule has 1 atom stereocenters. The van der Waals surface area contributed by atoms with Crippen LogP contribution in [0.4, 0.5) is 0 Å². The van der Waals surface area contributed by atoms with Gasteiger partial charge in [-0.25, -0.2) is 0 Å². The maximum Gasteiger partial charge on any atom is 0.315 e. The summed E-state index contributed by atoms with van der Waals surface area (Å²) >= 11 is 0. The van der Waals surface area contributed by atoms with Gasteiger partial charge in [0, 0.05) is 25.0 Å². The highest BCUT2D eigenvalue weighted by molar-refractivity contribution is 6.08. The number of hydrogen-bond acceptors (Lipinski definition) is 3. The number of carbonyl (C=O) groups excluding carboxylic acids is 2. The molecule has 1 aliphatic rings. The zero-order valence-corrected chi connectivity index (χ0v) is 16.1. The van der Waals surface area contributed by atoms with E-state index in [0.717, 1.165) is 49.3 Å². The van der Waals surface area contributed by atoms with Gasteiger partial charge in [0.15, 0.2) is 0 Å². The van der Waals surface area contributed by atoms with Crippen molar-refractivity contribution in [3.05, 3.63) is 47.0 Å². The van der Waals surface area contributed by atoms with Crippen molar-refractivity contribution in [3.8, 4) is 0 Å². The van der Waals surface area contributed by atoms with Crippen LogP contribution in [0.1, 0.15) is 73.9 Å². The van der Waals surface area contributed by atoms with Gasteiger partial charge in [0.2, 0.25) is 5.78 Å².